The van der Waals surface area contributed by atoms with E-state index in [2.05, 4.69) is 30.7 Å². The lowest BCUT2D eigenvalue weighted by Crippen LogP contribution is -2.46. The molecule has 0 aliphatic carbocycles. The van der Waals surface area contributed by atoms with Crippen LogP contribution in [0.5, 0.6) is 0 Å². The van der Waals surface area contributed by atoms with Crippen LogP contribution in [-0.4, -0.2) is 34.7 Å². The standard InChI is InChI=1S/C21H28N2O2/c1-16-9-7-11-18(22-16)12-8-10-17-13-14-23(15-21(17,5)6)19(24)25-20(2,3)4/h7,9-11H,13-15H2,1-6H3/b17-10+. The molecule has 0 atom stereocenters. The zero-order valence-corrected chi connectivity index (χ0v) is 16.1. The van der Waals surface area contributed by atoms with Crippen molar-refractivity contribution in [3.05, 3.63) is 41.2 Å². The summed E-state index contributed by atoms with van der Waals surface area (Å²) in [6.07, 6.45) is 2.55. The van der Waals surface area contributed by atoms with E-state index in [1.807, 2.05) is 52.0 Å². The molecule has 1 aliphatic heterocycles. The van der Waals surface area contributed by atoms with Crippen molar-refractivity contribution in [3.8, 4) is 11.8 Å². The highest BCUT2D eigenvalue weighted by Crippen LogP contribution is 2.34. The van der Waals surface area contributed by atoms with E-state index in [-0.39, 0.29) is 11.5 Å². The van der Waals surface area contributed by atoms with Gasteiger partial charge in [-0.05, 0) is 58.2 Å². The third-order valence-corrected chi connectivity index (χ3v) is 4.09. The fraction of sp³-hybridized carbons (Fsp3) is 0.524. The first-order valence-electron chi connectivity index (χ1n) is 8.69. The molecule has 0 bridgehead atoms. The summed E-state index contributed by atoms with van der Waals surface area (Å²) < 4.78 is 5.49. The molecule has 0 N–H and O–H groups in total. The number of amides is 1. The van der Waals surface area contributed by atoms with Crippen molar-refractivity contribution in [2.24, 2.45) is 5.41 Å². The maximum Gasteiger partial charge on any atom is 0.410 e. The molecule has 25 heavy (non-hydrogen) atoms. The number of likely N-dealkylation sites (tertiary alicyclic amines) is 1. The van der Waals surface area contributed by atoms with Gasteiger partial charge in [0.05, 0.1) is 0 Å². The molecule has 1 aromatic heterocycles. The molecule has 1 aromatic rings. The van der Waals surface area contributed by atoms with Crippen LogP contribution in [0, 0.1) is 24.2 Å². The van der Waals surface area contributed by atoms with Crippen molar-refractivity contribution < 1.29 is 9.53 Å². The first kappa shape index (κ1) is 19.1. The predicted octanol–water partition coefficient (Wildman–Crippen LogP) is 4.33. The monoisotopic (exact) mass is 340 g/mol. The van der Waals surface area contributed by atoms with Gasteiger partial charge in [0, 0.05) is 24.2 Å². The van der Waals surface area contributed by atoms with Crippen LogP contribution in [0.25, 0.3) is 0 Å². The highest BCUT2D eigenvalue weighted by molar-refractivity contribution is 5.68. The molecule has 0 radical (unpaired) electrons. The summed E-state index contributed by atoms with van der Waals surface area (Å²) in [7, 11) is 0. The summed E-state index contributed by atoms with van der Waals surface area (Å²) in [5.74, 6) is 6.22. The van der Waals surface area contributed by atoms with Crippen LogP contribution < -0.4 is 0 Å². The Morgan fingerprint density at radius 1 is 1.36 bits per heavy atom. The second-order valence-corrected chi connectivity index (χ2v) is 8.14. The SMILES string of the molecule is Cc1cccc(C#C/C=C2\CCN(C(=O)OC(C)(C)C)CC2(C)C)n1. The Bertz CT molecular complexity index is 730. The average molecular weight is 340 g/mol. The van der Waals surface area contributed by atoms with Gasteiger partial charge in [0.25, 0.3) is 0 Å². The number of carbonyl (C=O) groups is 1. The molecule has 2 heterocycles. The second-order valence-electron chi connectivity index (χ2n) is 8.14. The number of ether oxygens (including phenoxy) is 1. The number of hydrogen-bond acceptors (Lipinski definition) is 3. The normalized spacial score (nSPS) is 18.5. The Labute approximate surface area is 151 Å². The molecule has 134 valence electrons. The number of pyridine rings is 1. The maximum atomic E-state index is 12.3. The Hall–Kier alpha value is -2.28. The third kappa shape index (κ3) is 5.63. The summed E-state index contributed by atoms with van der Waals surface area (Å²) >= 11 is 0. The van der Waals surface area contributed by atoms with Crippen molar-refractivity contribution in [2.45, 2.75) is 53.6 Å². The molecule has 0 unspecified atom stereocenters. The summed E-state index contributed by atoms with van der Waals surface area (Å²) in [5.41, 5.74) is 2.41. The number of aromatic nitrogens is 1. The minimum atomic E-state index is -0.469. The Morgan fingerprint density at radius 3 is 2.68 bits per heavy atom. The van der Waals surface area contributed by atoms with E-state index in [1.54, 1.807) is 4.90 Å². The zero-order chi connectivity index (χ0) is 18.7. The molecule has 1 fully saturated rings. The van der Waals surface area contributed by atoms with Gasteiger partial charge >= 0.3 is 6.09 Å². The summed E-state index contributed by atoms with van der Waals surface area (Å²) in [5, 5.41) is 0. The molecule has 4 nitrogen and oxygen atoms in total. The van der Waals surface area contributed by atoms with E-state index in [4.69, 9.17) is 4.74 Å². The van der Waals surface area contributed by atoms with Gasteiger partial charge < -0.3 is 9.64 Å². The van der Waals surface area contributed by atoms with E-state index >= 15 is 0 Å². The smallest absolute Gasteiger partial charge is 0.410 e. The number of nitrogens with zero attached hydrogens (tertiary/aromatic N) is 2. The fourth-order valence-corrected chi connectivity index (χ4v) is 2.81. The van der Waals surface area contributed by atoms with Gasteiger partial charge in [-0.15, -0.1) is 0 Å². The summed E-state index contributed by atoms with van der Waals surface area (Å²) in [6.45, 7) is 13.2. The van der Waals surface area contributed by atoms with Crippen molar-refractivity contribution in [1.82, 2.24) is 9.88 Å². The minimum absolute atomic E-state index is 0.121. The summed E-state index contributed by atoms with van der Waals surface area (Å²) in [4.78, 5) is 18.5. The van der Waals surface area contributed by atoms with E-state index in [9.17, 15) is 4.79 Å². The molecular formula is C21H28N2O2. The largest absolute Gasteiger partial charge is 0.444 e. The minimum Gasteiger partial charge on any atom is -0.444 e. The molecule has 1 aliphatic rings. The Morgan fingerprint density at radius 2 is 2.08 bits per heavy atom. The van der Waals surface area contributed by atoms with Crippen molar-refractivity contribution in [1.29, 1.82) is 0 Å². The predicted molar refractivity (Wildman–Crippen MR) is 100 cm³/mol. The van der Waals surface area contributed by atoms with Crippen LogP contribution in [0.4, 0.5) is 4.79 Å². The maximum absolute atomic E-state index is 12.3. The van der Waals surface area contributed by atoms with Gasteiger partial charge in [0.2, 0.25) is 0 Å². The Kier molecular flexibility index (Phi) is 5.57. The lowest BCUT2D eigenvalue weighted by molar-refractivity contribution is 0.0157. The van der Waals surface area contributed by atoms with Crippen LogP contribution in [0.3, 0.4) is 0 Å². The van der Waals surface area contributed by atoms with Crippen LogP contribution in [-0.2, 0) is 4.74 Å². The number of aryl methyl sites for hydroxylation is 1. The van der Waals surface area contributed by atoms with Gasteiger partial charge in [0.15, 0.2) is 0 Å². The van der Waals surface area contributed by atoms with E-state index in [0.29, 0.717) is 13.1 Å². The third-order valence-electron chi connectivity index (χ3n) is 4.09. The molecule has 4 heteroatoms. The van der Waals surface area contributed by atoms with Gasteiger partial charge in [-0.25, -0.2) is 9.78 Å². The van der Waals surface area contributed by atoms with Crippen molar-refractivity contribution in [3.63, 3.8) is 0 Å². The van der Waals surface area contributed by atoms with E-state index < -0.39 is 5.60 Å². The average Bonchev–Trinajstić information content (AvgIpc) is 2.46. The Balaban J connectivity index is 2.07. The quantitative estimate of drug-likeness (QED) is 0.660. The van der Waals surface area contributed by atoms with Crippen LogP contribution in [0.2, 0.25) is 0 Å². The number of hydrogen-bond donors (Lipinski definition) is 0. The first-order valence-corrected chi connectivity index (χ1v) is 8.69. The van der Waals surface area contributed by atoms with Gasteiger partial charge in [-0.3, -0.25) is 0 Å². The highest BCUT2D eigenvalue weighted by atomic mass is 16.6. The molecular weight excluding hydrogens is 312 g/mol. The molecule has 0 aromatic carbocycles. The van der Waals surface area contributed by atoms with Crippen molar-refractivity contribution in [2.75, 3.05) is 13.1 Å². The zero-order valence-electron chi connectivity index (χ0n) is 16.1. The van der Waals surface area contributed by atoms with E-state index in [1.165, 1.54) is 5.57 Å². The molecule has 0 saturated carbocycles. The number of piperidine rings is 1. The van der Waals surface area contributed by atoms with Crippen LogP contribution >= 0.6 is 0 Å². The lowest BCUT2D eigenvalue weighted by atomic mass is 9.79. The number of rotatable bonds is 0. The van der Waals surface area contributed by atoms with Crippen LogP contribution in [0.1, 0.15) is 52.4 Å². The topological polar surface area (TPSA) is 42.4 Å². The fourth-order valence-electron chi connectivity index (χ4n) is 2.81. The highest BCUT2D eigenvalue weighted by Gasteiger charge is 2.34. The van der Waals surface area contributed by atoms with Gasteiger partial charge in [0.1, 0.15) is 11.3 Å². The second kappa shape index (κ2) is 7.31. The molecule has 2 rings (SSSR count). The molecule has 1 saturated heterocycles. The molecule has 1 amide bonds. The number of carbonyl (C=O) groups excluding carboxylic acids is 1. The van der Waals surface area contributed by atoms with Gasteiger partial charge in [-0.1, -0.05) is 31.4 Å². The summed E-state index contributed by atoms with van der Waals surface area (Å²) in [6, 6.07) is 5.83. The van der Waals surface area contributed by atoms with E-state index in [0.717, 1.165) is 17.8 Å². The van der Waals surface area contributed by atoms with Crippen molar-refractivity contribution >= 4 is 6.09 Å². The number of allylic oxidation sites excluding steroid dienone is 1. The lowest BCUT2D eigenvalue weighted by Gasteiger charge is -2.40. The van der Waals surface area contributed by atoms with Gasteiger partial charge in [-0.2, -0.15) is 0 Å². The first-order chi connectivity index (χ1) is 11.6. The molecule has 0 spiro atoms. The van der Waals surface area contributed by atoms with Crippen LogP contribution in [0.15, 0.2) is 29.8 Å².